The minimum Gasteiger partial charge on any atom is -0.339 e. The Labute approximate surface area is 148 Å². The quantitative estimate of drug-likeness (QED) is 0.611. The maximum absolute atomic E-state index is 4.36. The van der Waals surface area contributed by atoms with Gasteiger partial charge in [-0.25, -0.2) is 9.97 Å². The molecule has 0 fully saturated rings. The fourth-order valence-corrected chi connectivity index (χ4v) is 4.03. The third-order valence-corrected chi connectivity index (χ3v) is 5.42. The van der Waals surface area contributed by atoms with E-state index in [0.29, 0.717) is 0 Å². The second-order valence-electron chi connectivity index (χ2n) is 6.14. The zero-order valence-electron chi connectivity index (χ0n) is 13.5. The molecule has 1 aliphatic heterocycles. The van der Waals surface area contributed by atoms with Crippen molar-refractivity contribution in [2.75, 3.05) is 5.32 Å². The van der Waals surface area contributed by atoms with Crippen LogP contribution in [0.25, 0.3) is 10.2 Å². The highest BCUT2D eigenvalue weighted by molar-refractivity contribution is 7.17. The van der Waals surface area contributed by atoms with Gasteiger partial charge in [-0.15, -0.1) is 21.5 Å². The number of nitrogens with zero attached hydrogens (tertiary/aromatic N) is 5. The zero-order chi connectivity index (χ0) is 16.6. The third kappa shape index (κ3) is 2.66. The number of aromatic nitrogens is 5. The third-order valence-electron chi connectivity index (χ3n) is 4.51. The first-order chi connectivity index (χ1) is 12.4. The highest BCUT2D eigenvalue weighted by Gasteiger charge is 2.17. The molecule has 124 valence electrons. The predicted molar refractivity (Wildman–Crippen MR) is 98.3 cm³/mol. The number of aryl methyl sites for hydroxylation is 1. The summed E-state index contributed by atoms with van der Waals surface area (Å²) in [5.41, 5.74) is 3.22. The smallest absolute Gasteiger partial charge is 0.151 e. The topological polar surface area (TPSA) is 68.5 Å². The minimum atomic E-state index is 0.815. The van der Waals surface area contributed by atoms with Crippen molar-refractivity contribution in [2.45, 2.75) is 25.8 Å². The summed E-state index contributed by atoms with van der Waals surface area (Å²) in [5.74, 6) is 3.03. The molecular weight excluding hydrogens is 332 g/mol. The normalized spacial score (nSPS) is 13.3. The van der Waals surface area contributed by atoms with Crippen molar-refractivity contribution in [1.82, 2.24) is 24.7 Å². The predicted octanol–water partition coefficient (Wildman–Crippen LogP) is 3.56. The molecule has 3 aromatic heterocycles. The van der Waals surface area contributed by atoms with Crippen molar-refractivity contribution in [1.29, 1.82) is 0 Å². The number of benzene rings is 1. The standard InChI is InChI=1S/C18H16N6S/c1-2-15-22-23-16(24(15)8-1)10-12-3-5-13(6-4-12)21-18-17-14(7-9-25-17)19-11-20-18/h3-7,9,11H,1-2,8,10H2,(H,19,20,21). The molecule has 0 saturated carbocycles. The second kappa shape index (κ2) is 5.93. The van der Waals surface area contributed by atoms with E-state index in [-0.39, 0.29) is 0 Å². The van der Waals surface area contributed by atoms with Crippen molar-refractivity contribution < 1.29 is 0 Å². The number of nitrogens with one attached hydrogen (secondary N) is 1. The van der Waals surface area contributed by atoms with Crippen molar-refractivity contribution in [3.8, 4) is 0 Å². The number of fused-ring (bicyclic) bond motifs is 2. The molecule has 0 atom stereocenters. The van der Waals surface area contributed by atoms with E-state index in [2.05, 4.69) is 54.3 Å². The Balaban J connectivity index is 1.35. The highest BCUT2D eigenvalue weighted by atomic mass is 32.1. The lowest BCUT2D eigenvalue weighted by Crippen LogP contribution is -2.02. The van der Waals surface area contributed by atoms with E-state index in [1.807, 2.05) is 11.4 Å². The van der Waals surface area contributed by atoms with Crippen molar-refractivity contribution in [2.24, 2.45) is 0 Å². The van der Waals surface area contributed by atoms with Crippen molar-refractivity contribution >= 4 is 33.1 Å². The fraction of sp³-hybridized carbons (Fsp3) is 0.222. The molecule has 0 amide bonds. The fourth-order valence-electron chi connectivity index (χ4n) is 3.24. The lowest BCUT2D eigenvalue weighted by molar-refractivity contribution is 0.700. The molecule has 0 radical (unpaired) electrons. The van der Waals surface area contributed by atoms with Gasteiger partial charge in [0.1, 0.15) is 18.0 Å². The first-order valence-electron chi connectivity index (χ1n) is 8.32. The molecule has 1 aliphatic rings. The first kappa shape index (κ1) is 14.5. The average molecular weight is 348 g/mol. The molecule has 1 N–H and O–H groups in total. The van der Waals surface area contributed by atoms with Gasteiger partial charge in [0.05, 0.1) is 10.2 Å². The molecule has 0 unspecified atom stereocenters. The number of hydrogen-bond donors (Lipinski definition) is 1. The van der Waals surface area contributed by atoms with Gasteiger partial charge in [-0.2, -0.15) is 0 Å². The van der Waals surface area contributed by atoms with Crippen LogP contribution in [-0.2, 0) is 19.4 Å². The Kier molecular flexibility index (Phi) is 3.45. The summed E-state index contributed by atoms with van der Waals surface area (Å²) >= 11 is 1.64. The van der Waals surface area contributed by atoms with Crippen LogP contribution in [0.15, 0.2) is 42.0 Å². The van der Waals surface area contributed by atoms with Crippen LogP contribution in [0.4, 0.5) is 11.5 Å². The van der Waals surface area contributed by atoms with Gasteiger partial charge in [0.15, 0.2) is 5.82 Å². The number of rotatable bonds is 4. The van der Waals surface area contributed by atoms with Gasteiger partial charge in [-0.1, -0.05) is 12.1 Å². The maximum atomic E-state index is 4.36. The molecule has 1 aromatic carbocycles. The Morgan fingerprint density at radius 3 is 2.92 bits per heavy atom. The lowest BCUT2D eigenvalue weighted by Gasteiger charge is -2.08. The van der Waals surface area contributed by atoms with Crippen LogP contribution >= 0.6 is 11.3 Å². The van der Waals surface area contributed by atoms with E-state index in [4.69, 9.17) is 0 Å². The molecule has 4 aromatic rings. The molecule has 5 rings (SSSR count). The summed E-state index contributed by atoms with van der Waals surface area (Å²) in [4.78, 5) is 8.64. The summed E-state index contributed by atoms with van der Waals surface area (Å²) in [7, 11) is 0. The highest BCUT2D eigenvalue weighted by Crippen LogP contribution is 2.27. The minimum absolute atomic E-state index is 0.815. The van der Waals surface area contributed by atoms with Gasteiger partial charge in [-0.05, 0) is 35.6 Å². The number of thiophene rings is 1. The van der Waals surface area contributed by atoms with Gasteiger partial charge in [0, 0.05) is 25.1 Å². The molecule has 4 heterocycles. The van der Waals surface area contributed by atoms with E-state index in [1.54, 1.807) is 17.7 Å². The van der Waals surface area contributed by atoms with Crippen LogP contribution in [0.5, 0.6) is 0 Å². The Morgan fingerprint density at radius 2 is 2.00 bits per heavy atom. The van der Waals surface area contributed by atoms with Crippen LogP contribution in [0.1, 0.15) is 23.6 Å². The van der Waals surface area contributed by atoms with Gasteiger partial charge in [-0.3, -0.25) is 0 Å². The van der Waals surface area contributed by atoms with Crippen molar-refractivity contribution in [3.63, 3.8) is 0 Å². The van der Waals surface area contributed by atoms with E-state index in [0.717, 1.165) is 52.8 Å². The lowest BCUT2D eigenvalue weighted by atomic mass is 10.1. The maximum Gasteiger partial charge on any atom is 0.151 e. The van der Waals surface area contributed by atoms with Gasteiger partial charge in [0.2, 0.25) is 0 Å². The molecule has 0 spiro atoms. The molecule has 0 bridgehead atoms. The van der Waals surface area contributed by atoms with Crippen LogP contribution in [-0.4, -0.2) is 24.7 Å². The van der Waals surface area contributed by atoms with Crippen LogP contribution in [0.3, 0.4) is 0 Å². The largest absolute Gasteiger partial charge is 0.339 e. The Bertz CT molecular complexity index is 1030. The van der Waals surface area contributed by atoms with E-state index >= 15 is 0 Å². The number of anilines is 2. The molecule has 25 heavy (non-hydrogen) atoms. The van der Waals surface area contributed by atoms with E-state index in [1.165, 1.54) is 12.0 Å². The Morgan fingerprint density at radius 1 is 1.08 bits per heavy atom. The van der Waals surface area contributed by atoms with Gasteiger partial charge >= 0.3 is 0 Å². The molecule has 6 nitrogen and oxygen atoms in total. The van der Waals surface area contributed by atoms with Gasteiger partial charge in [0.25, 0.3) is 0 Å². The second-order valence-corrected chi connectivity index (χ2v) is 7.06. The summed E-state index contributed by atoms with van der Waals surface area (Å²) in [6.07, 6.45) is 4.64. The zero-order valence-corrected chi connectivity index (χ0v) is 14.3. The molecule has 0 aliphatic carbocycles. The van der Waals surface area contributed by atoms with Gasteiger partial charge < -0.3 is 9.88 Å². The van der Waals surface area contributed by atoms with E-state index < -0.39 is 0 Å². The van der Waals surface area contributed by atoms with E-state index in [9.17, 15) is 0 Å². The SMILES string of the molecule is c1nc(Nc2ccc(Cc3nnc4n3CCC4)cc2)c2sccc2n1. The van der Waals surface area contributed by atoms with Crippen LogP contribution in [0, 0.1) is 0 Å². The van der Waals surface area contributed by atoms with Crippen molar-refractivity contribution in [3.05, 3.63) is 59.3 Å². The van der Waals surface area contributed by atoms with Crippen LogP contribution in [0.2, 0.25) is 0 Å². The molecule has 7 heteroatoms. The Hall–Kier alpha value is -2.80. The summed E-state index contributed by atoms with van der Waals surface area (Å²) < 4.78 is 3.33. The summed E-state index contributed by atoms with van der Waals surface area (Å²) in [5, 5.41) is 14.0. The average Bonchev–Trinajstić information content (AvgIpc) is 3.35. The summed E-state index contributed by atoms with van der Waals surface area (Å²) in [6.45, 7) is 1.04. The van der Waals surface area contributed by atoms with Crippen LogP contribution < -0.4 is 5.32 Å². The molecular formula is C18H16N6S. The summed E-state index contributed by atoms with van der Waals surface area (Å²) in [6, 6.07) is 10.4. The number of hydrogen-bond acceptors (Lipinski definition) is 6. The monoisotopic (exact) mass is 348 g/mol. The molecule has 0 saturated heterocycles. The first-order valence-corrected chi connectivity index (χ1v) is 9.20.